The Morgan fingerprint density at radius 3 is 2.86 bits per heavy atom. The molecule has 14 heavy (non-hydrogen) atoms. The van der Waals surface area contributed by atoms with Gasteiger partial charge in [-0.3, -0.25) is 0 Å². The van der Waals surface area contributed by atoms with Crippen LogP contribution < -0.4 is 0 Å². The van der Waals surface area contributed by atoms with E-state index in [4.69, 9.17) is 0 Å². The SMILES string of the molecule is Brc1cccn2c(C3CC3)nc(Br)c12. The first-order chi connectivity index (χ1) is 6.77. The maximum Gasteiger partial charge on any atom is 0.133 e. The lowest BCUT2D eigenvalue weighted by atomic mass is 10.4. The van der Waals surface area contributed by atoms with Crippen molar-refractivity contribution in [1.29, 1.82) is 0 Å². The van der Waals surface area contributed by atoms with Gasteiger partial charge in [-0.1, -0.05) is 0 Å². The summed E-state index contributed by atoms with van der Waals surface area (Å²) < 4.78 is 4.20. The summed E-state index contributed by atoms with van der Waals surface area (Å²) in [6.07, 6.45) is 4.63. The molecule has 0 bridgehead atoms. The van der Waals surface area contributed by atoms with Gasteiger partial charge in [-0.15, -0.1) is 0 Å². The molecule has 0 atom stereocenters. The van der Waals surface area contributed by atoms with E-state index in [1.54, 1.807) is 0 Å². The number of aromatic nitrogens is 2. The zero-order valence-corrected chi connectivity index (χ0v) is 10.5. The van der Waals surface area contributed by atoms with Crippen LogP contribution in [0, 0.1) is 0 Å². The van der Waals surface area contributed by atoms with E-state index in [2.05, 4.69) is 47.4 Å². The maximum atomic E-state index is 4.56. The van der Waals surface area contributed by atoms with Crippen LogP contribution in [0.1, 0.15) is 24.6 Å². The molecule has 1 fully saturated rings. The Hall–Kier alpha value is -0.350. The fourth-order valence-corrected chi connectivity index (χ4v) is 3.09. The number of fused-ring (bicyclic) bond motifs is 1. The van der Waals surface area contributed by atoms with Crippen molar-refractivity contribution in [2.45, 2.75) is 18.8 Å². The molecule has 0 aliphatic heterocycles. The molecule has 0 N–H and O–H groups in total. The fourth-order valence-electron chi connectivity index (χ4n) is 1.71. The van der Waals surface area contributed by atoms with E-state index in [1.807, 2.05) is 12.1 Å². The topological polar surface area (TPSA) is 17.3 Å². The number of rotatable bonds is 1. The predicted octanol–water partition coefficient (Wildman–Crippen LogP) is 3.74. The summed E-state index contributed by atoms with van der Waals surface area (Å²) in [5.74, 6) is 1.86. The number of nitrogens with zero attached hydrogens (tertiary/aromatic N) is 2. The van der Waals surface area contributed by atoms with Crippen molar-refractivity contribution in [3.63, 3.8) is 0 Å². The molecule has 0 spiro atoms. The molecule has 0 amide bonds. The Morgan fingerprint density at radius 1 is 1.36 bits per heavy atom. The molecular weight excluding hydrogens is 308 g/mol. The van der Waals surface area contributed by atoms with E-state index in [0.717, 1.165) is 14.6 Å². The van der Waals surface area contributed by atoms with Gasteiger partial charge in [0.1, 0.15) is 10.4 Å². The lowest BCUT2D eigenvalue weighted by Gasteiger charge is -1.99. The Morgan fingerprint density at radius 2 is 2.14 bits per heavy atom. The largest absolute Gasteiger partial charge is 0.301 e. The first kappa shape index (κ1) is 8.92. The minimum absolute atomic E-state index is 0.670. The molecule has 2 aromatic heterocycles. The van der Waals surface area contributed by atoms with E-state index in [1.165, 1.54) is 18.7 Å². The van der Waals surface area contributed by atoms with Crippen LogP contribution in [0.4, 0.5) is 0 Å². The highest BCUT2D eigenvalue weighted by Crippen LogP contribution is 2.41. The molecule has 3 rings (SSSR count). The Bertz CT molecular complexity index is 500. The molecule has 1 aliphatic rings. The molecular formula is C10H8Br2N2. The van der Waals surface area contributed by atoms with Gasteiger partial charge in [0.05, 0.1) is 5.52 Å². The lowest BCUT2D eigenvalue weighted by Crippen LogP contribution is -1.91. The molecule has 1 saturated carbocycles. The van der Waals surface area contributed by atoms with E-state index >= 15 is 0 Å². The van der Waals surface area contributed by atoms with Crippen molar-refractivity contribution >= 4 is 37.4 Å². The minimum Gasteiger partial charge on any atom is -0.301 e. The summed E-state index contributed by atoms with van der Waals surface area (Å²) in [5.41, 5.74) is 1.13. The summed E-state index contributed by atoms with van der Waals surface area (Å²) in [5, 5.41) is 0. The zero-order chi connectivity index (χ0) is 9.71. The second-order valence-corrected chi connectivity index (χ2v) is 5.22. The highest BCUT2D eigenvalue weighted by molar-refractivity contribution is 9.11. The van der Waals surface area contributed by atoms with Gasteiger partial charge in [-0.05, 0) is 56.8 Å². The van der Waals surface area contributed by atoms with Crippen LogP contribution in [0.5, 0.6) is 0 Å². The molecule has 0 radical (unpaired) electrons. The van der Waals surface area contributed by atoms with Crippen LogP contribution in [-0.2, 0) is 0 Å². The molecule has 2 aromatic rings. The van der Waals surface area contributed by atoms with Gasteiger partial charge >= 0.3 is 0 Å². The van der Waals surface area contributed by atoms with Gasteiger partial charge in [0.15, 0.2) is 0 Å². The lowest BCUT2D eigenvalue weighted by molar-refractivity contribution is 0.918. The van der Waals surface area contributed by atoms with Gasteiger partial charge < -0.3 is 4.40 Å². The summed E-state index contributed by atoms with van der Waals surface area (Å²) in [6.45, 7) is 0. The third-order valence-electron chi connectivity index (χ3n) is 2.54. The maximum absolute atomic E-state index is 4.56. The van der Waals surface area contributed by atoms with Gasteiger partial charge in [0, 0.05) is 16.6 Å². The van der Waals surface area contributed by atoms with Crippen molar-refractivity contribution in [2.75, 3.05) is 0 Å². The highest BCUT2D eigenvalue weighted by Gasteiger charge is 2.29. The summed E-state index contributed by atoms with van der Waals surface area (Å²) in [7, 11) is 0. The second-order valence-electron chi connectivity index (χ2n) is 3.61. The zero-order valence-electron chi connectivity index (χ0n) is 7.37. The van der Waals surface area contributed by atoms with Crippen molar-refractivity contribution in [1.82, 2.24) is 9.38 Å². The van der Waals surface area contributed by atoms with E-state index in [0.29, 0.717) is 5.92 Å². The highest BCUT2D eigenvalue weighted by atomic mass is 79.9. The summed E-state index contributed by atoms with van der Waals surface area (Å²) >= 11 is 7.04. The molecule has 2 nitrogen and oxygen atoms in total. The molecule has 2 heterocycles. The Kier molecular flexibility index (Phi) is 1.96. The van der Waals surface area contributed by atoms with E-state index in [-0.39, 0.29) is 0 Å². The average Bonchev–Trinajstić information content (AvgIpc) is 2.93. The van der Waals surface area contributed by atoms with Gasteiger partial charge in [0.2, 0.25) is 0 Å². The predicted molar refractivity (Wildman–Crippen MR) is 62.6 cm³/mol. The quantitative estimate of drug-likeness (QED) is 0.783. The first-order valence-corrected chi connectivity index (χ1v) is 6.18. The van der Waals surface area contributed by atoms with Crippen LogP contribution in [0.2, 0.25) is 0 Å². The number of imidazole rings is 1. The molecule has 0 aromatic carbocycles. The molecule has 1 aliphatic carbocycles. The van der Waals surface area contributed by atoms with Crippen LogP contribution in [0.15, 0.2) is 27.4 Å². The third kappa shape index (κ3) is 1.24. The van der Waals surface area contributed by atoms with Gasteiger partial charge in [-0.25, -0.2) is 4.98 Å². The van der Waals surface area contributed by atoms with Crippen LogP contribution >= 0.6 is 31.9 Å². The van der Waals surface area contributed by atoms with Crippen LogP contribution in [0.3, 0.4) is 0 Å². The van der Waals surface area contributed by atoms with Gasteiger partial charge in [0.25, 0.3) is 0 Å². The van der Waals surface area contributed by atoms with Crippen molar-refractivity contribution in [3.05, 3.63) is 33.2 Å². The fraction of sp³-hybridized carbons (Fsp3) is 0.300. The number of hydrogen-bond donors (Lipinski definition) is 0. The number of hydrogen-bond acceptors (Lipinski definition) is 1. The summed E-state index contributed by atoms with van der Waals surface area (Å²) in [6, 6.07) is 4.08. The smallest absolute Gasteiger partial charge is 0.133 e. The van der Waals surface area contributed by atoms with Crippen molar-refractivity contribution < 1.29 is 0 Å². The average molecular weight is 316 g/mol. The molecule has 4 heteroatoms. The first-order valence-electron chi connectivity index (χ1n) is 4.59. The summed E-state index contributed by atoms with van der Waals surface area (Å²) in [4.78, 5) is 4.56. The molecule has 72 valence electrons. The van der Waals surface area contributed by atoms with Crippen molar-refractivity contribution in [3.8, 4) is 0 Å². The molecule has 0 unspecified atom stereocenters. The minimum atomic E-state index is 0.670. The third-order valence-corrected chi connectivity index (χ3v) is 3.74. The second kappa shape index (κ2) is 3.07. The number of pyridine rings is 1. The molecule has 0 saturated heterocycles. The normalized spacial score (nSPS) is 16.4. The van der Waals surface area contributed by atoms with Gasteiger partial charge in [-0.2, -0.15) is 0 Å². The van der Waals surface area contributed by atoms with Crippen LogP contribution in [0.25, 0.3) is 5.52 Å². The van der Waals surface area contributed by atoms with E-state index in [9.17, 15) is 0 Å². The monoisotopic (exact) mass is 314 g/mol. The van der Waals surface area contributed by atoms with Crippen molar-refractivity contribution in [2.24, 2.45) is 0 Å². The van der Waals surface area contributed by atoms with E-state index < -0.39 is 0 Å². The number of halogens is 2. The standard InChI is InChI=1S/C10H8Br2N2/c11-7-2-1-5-14-8(7)9(12)13-10(14)6-3-4-6/h1-2,5-6H,3-4H2. The Labute approximate surface area is 98.6 Å². The van der Waals surface area contributed by atoms with Crippen LogP contribution in [-0.4, -0.2) is 9.38 Å². The Balaban J connectivity index is 2.37.